The van der Waals surface area contributed by atoms with Gasteiger partial charge < -0.3 is 9.64 Å². The van der Waals surface area contributed by atoms with Crippen molar-refractivity contribution in [1.82, 2.24) is 14.7 Å². The summed E-state index contributed by atoms with van der Waals surface area (Å²) in [5.74, 6) is 0.0799. The minimum absolute atomic E-state index is 0.0214. The number of carbonyl (C=O) groups excluding carboxylic acids is 1. The number of hydrogen-bond donors (Lipinski definition) is 0. The monoisotopic (exact) mass is 473 g/mol. The van der Waals surface area contributed by atoms with Gasteiger partial charge in [-0.2, -0.15) is 5.10 Å². The lowest BCUT2D eigenvalue weighted by molar-refractivity contribution is 0.0445. The second-order valence-electron chi connectivity index (χ2n) is 8.71. The highest BCUT2D eigenvalue weighted by Crippen LogP contribution is 2.31. The fourth-order valence-electron chi connectivity index (χ4n) is 4.65. The van der Waals surface area contributed by atoms with Gasteiger partial charge in [0.05, 0.1) is 34.7 Å². The molecule has 1 aromatic carbocycles. The van der Waals surface area contributed by atoms with Crippen molar-refractivity contribution in [3.63, 3.8) is 0 Å². The van der Waals surface area contributed by atoms with E-state index in [4.69, 9.17) is 4.74 Å². The normalized spacial score (nSPS) is 22.5. The van der Waals surface area contributed by atoms with E-state index in [2.05, 4.69) is 17.2 Å². The molecule has 0 N–H and O–H groups in total. The third-order valence-electron chi connectivity index (χ3n) is 6.33. The molecule has 4 heterocycles. The van der Waals surface area contributed by atoms with Gasteiger partial charge in [0, 0.05) is 24.6 Å². The maximum absolute atomic E-state index is 13.6. The average Bonchev–Trinajstić information content (AvgIpc) is 3.54. The lowest BCUT2D eigenvalue weighted by Gasteiger charge is -2.30. The second kappa shape index (κ2) is 8.61. The number of carbonyl (C=O) groups is 1. The Bertz CT molecular complexity index is 1230. The third kappa shape index (κ3) is 4.33. The minimum Gasteiger partial charge on any atom is -0.376 e. The number of benzene rings is 1. The summed E-state index contributed by atoms with van der Waals surface area (Å²) in [5.41, 5.74) is 2.04. The molecule has 5 rings (SSSR count). The SMILES string of the molecule is Cc1nn(Cc2ccccc2)c2sc(C(=O)N(C[C@H]3CCCO3)[C@H]3CCS(=O)(=O)C3)cc12. The Morgan fingerprint density at radius 2 is 2.09 bits per heavy atom. The Morgan fingerprint density at radius 3 is 2.78 bits per heavy atom. The van der Waals surface area contributed by atoms with Crippen LogP contribution in [0.3, 0.4) is 0 Å². The van der Waals surface area contributed by atoms with Gasteiger partial charge in [0.25, 0.3) is 5.91 Å². The Hall–Kier alpha value is -2.23. The fraction of sp³-hybridized carbons (Fsp3) is 0.478. The molecular weight excluding hydrogens is 446 g/mol. The van der Waals surface area contributed by atoms with Crippen LogP contribution in [0.5, 0.6) is 0 Å². The zero-order valence-corrected chi connectivity index (χ0v) is 19.7. The zero-order valence-electron chi connectivity index (χ0n) is 18.1. The highest BCUT2D eigenvalue weighted by atomic mass is 32.2. The van der Waals surface area contributed by atoms with Gasteiger partial charge in [-0.25, -0.2) is 8.42 Å². The minimum atomic E-state index is -3.10. The van der Waals surface area contributed by atoms with Gasteiger partial charge in [-0.1, -0.05) is 30.3 Å². The van der Waals surface area contributed by atoms with Crippen LogP contribution in [0.25, 0.3) is 10.2 Å². The largest absolute Gasteiger partial charge is 0.376 e. The van der Waals surface area contributed by atoms with Gasteiger partial charge in [0.1, 0.15) is 4.83 Å². The molecule has 2 aromatic heterocycles. The van der Waals surface area contributed by atoms with Crippen molar-refractivity contribution in [1.29, 1.82) is 0 Å². The van der Waals surface area contributed by atoms with E-state index in [1.54, 1.807) is 4.90 Å². The predicted molar refractivity (Wildman–Crippen MR) is 125 cm³/mol. The highest BCUT2D eigenvalue weighted by molar-refractivity contribution is 7.91. The van der Waals surface area contributed by atoms with E-state index in [-0.39, 0.29) is 29.6 Å². The molecule has 2 aliphatic rings. The van der Waals surface area contributed by atoms with Gasteiger partial charge in [-0.05, 0) is 37.8 Å². The number of fused-ring (bicyclic) bond motifs is 1. The van der Waals surface area contributed by atoms with E-state index in [1.165, 1.54) is 11.3 Å². The molecule has 9 heteroatoms. The van der Waals surface area contributed by atoms with Crippen LogP contribution in [0.1, 0.15) is 40.2 Å². The molecule has 1 amide bonds. The molecule has 2 fully saturated rings. The summed E-state index contributed by atoms with van der Waals surface area (Å²) < 4.78 is 32.0. The summed E-state index contributed by atoms with van der Waals surface area (Å²) >= 11 is 1.44. The molecule has 2 aliphatic heterocycles. The van der Waals surface area contributed by atoms with Crippen LogP contribution in [0.2, 0.25) is 0 Å². The van der Waals surface area contributed by atoms with Crippen molar-refractivity contribution in [2.75, 3.05) is 24.7 Å². The van der Waals surface area contributed by atoms with Gasteiger partial charge >= 0.3 is 0 Å². The van der Waals surface area contributed by atoms with Crippen LogP contribution in [-0.4, -0.2) is 65.8 Å². The first-order valence-electron chi connectivity index (χ1n) is 11.0. The van der Waals surface area contributed by atoms with Crippen LogP contribution in [0, 0.1) is 6.92 Å². The molecule has 7 nitrogen and oxygen atoms in total. The predicted octanol–water partition coefficient (Wildman–Crippen LogP) is 3.26. The van der Waals surface area contributed by atoms with E-state index < -0.39 is 9.84 Å². The van der Waals surface area contributed by atoms with E-state index in [1.807, 2.05) is 35.9 Å². The topological polar surface area (TPSA) is 81.5 Å². The molecule has 3 aromatic rings. The first-order valence-corrected chi connectivity index (χ1v) is 13.7. The van der Waals surface area contributed by atoms with Gasteiger partial charge in [-0.15, -0.1) is 11.3 Å². The number of thiophene rings is 1. The number of ether oxygens (including phenoxy) is 1. The van der Waals surface area contributed by atoms with Crippen molar-refractivity contribution in [3.05, 3.63) is 52.5 Å². The molecule has 32 heavy (non-hydrogen) atoms. The number of rotatable bonds is 6. The number of hydrogen-bond acceptors (Lipinski definition) is 6. The summed E-state index contributed by atoms with van der Waals surface area (Å²) in [4.78, 5) is 17.0. The molecule has 0 aliphatic carbocycles. The fourth-order valence-corrected chi connectivity index (χ4v) is 7.50. The van der Waals surface area contributed by atoms with Crippen molar-refractivity contribution < 1.29 is 17.9 Å². The van der Waals surface area contributed by atoms with E-state index in [9.17, 15) is 13.2 Å². The number of amides is 1. The molecule has 0 saturated carbocycles. The first kappa shape index (κ1) is 21.6. The standard InChI is InChI=1S/C23H27N3O4S2/c1-16-20-12-21(31-23(20)26(24-16)13-17-6-3-2-4-7-17)22(27)25(14-19-8-5-10-30-19)18-9-11-32(28,29)15-18/h2-4,6-7,12,18-19H,5,8-11,13-15H2,1H3/t18-,19+/m0/s1. The molecule has 2 atom stereocenters. The second-order valence-corrected chi connectivity index (χ2v) is 12.0. The molecule has 0 spiro atoms. The molecule has 0 radical (unpaired) electrons. The number of aromatic nitrogens is 2. The average molecular weight is 474 g/mol. The van der Waals surface area contributed by atoms with E-state index in [0.717, 1.165) is 34.3 Å². The maximum Gasteiger partial charge on any atom is 0.264 e. The van der Waals surface area contributed by atoms with Crippen LogP contribution < -0.4 is 0 Å². The van der Waals surface area contributed by atoms with Crippen LogP contribution >= 0.6 is 11.3 Å². The quantitative estimate of drug-likeness (QED) is 0.549. The number of nitrogens with zero attached hydrogens (tertiary/aromatic N) is 3. The first-order chi connectivity index (χ1) is 15.4. The van der Waals surface area contributed by atoms with Crippen molar-refractivity contribution >= 4 is 37.3 Å². The third-order valence-corrected chi connectivity index (χ3v) is 9.21. The van der Waals surface area contributed by atoms with Crippen LogP contribution in [-0.2, 0) is 21.1 Å². The zero-order chi connectivity index (χ0) is 22.3. The number of aryl methyl sites for hydroxylation is 1. The summed E-state index contributed by atoms with van der Waals surface area (Å²) in [5, 5.41) is 5.65. The van der Waals surface area contributed by atoms with Crippen LogP contribution in [0.15, 0.2) is 36.4 Å². The lowest BCUT2D eigenvalue weighted by Crippen LogP contribution is -2.45. The number of sulfone groups is 1. The Kier molecular flexibility index (Phi) is 5.81. The Balaban J connectivity index is 1.45. The summed E-state index contributed by atoms with van der Waals surface area (Å²) in [7, 11) is -3.10. The Labute approximate surface area is 191 Å². The molecule has 0 unspecified atom stereocenters. The molecule has 170 valence electrons. The van der Waals surface area contributed by atoms with Gasteiger partial charge in [0.15, 0.2) is 9.84 Å². The maximum atomic E-state index is 13.6. The molecule has 2 saturated heterocycles. The van der Waals surface area contributed by atoms with Crippen LogP contribution in [0.4, 0.5) is 0 Å². The highest BCUT2D eigenvalue weighted by Gasteiger charge is 2.37. The van der Waals surface area contributed by atoms with Crippen molar-refractivity contribution in [2.24, 2.45) is 0 Å². The van der Waals surface area contributed by atoms with Crippen molar-refractivity contribution in [3.8, 4) is 0 Å². The molecule has 0 bridgehead atoms. The summed E-state index contributed by atoms with van der Waals surface area (Å²) in [6.45, 7) is 3.74. The summed E-state index contributed by atoms with van der Waals surface area (Å²) in [6, 6.07) is 11.7. The molecular formula is C23H27N3O4S2. The van der Waals surface area contributed by atoms with Gasteiger partial charge in [0.2, 0.25) is 0 Å². The lowest BCUT2D eigenvalue weighted by atomic mass is 10.1. The Morgan fingerprint density at radius 1 is 1.28 bits per heavy atom. The smallest absolute Gasteiger partial charge is 0.264 e. The van der Waals surface area contributed by atoms with E-state index >= 15 is 0 Å². The van der Waals surface area contributed by atoms with E-state index in [0.29, 0.717) is 31.0 Å². The van der Waals surface area contributed by atoms with Gasteiger partial charge in [-0.3, -0.25) is 9.48 Å². The summed E-state index contributed by atoms with van der Waals surface area (Å²) in [6.07, 6.45) is 2.35. The van der Waals surface area contributed by atoms with Crippen molar-refractivity contribution in [2.45, 2.75) is 44.9 Å².